The molecule has 0 unspecified atom stereocenters. The lowest BCUT2D eigenvalue weighted by Crippen LogP contribution is -2.32. The first-order chi connectivity index (χ1) is 21.5. The summed E-state index contributed by atoms with van der Waals surface area (Å²) in [6, 6.07) is 12.7. The molecule has 2 aromatic carbocycles. The molecule has 244 valence electrons. The standard InChI is InChI=1S/C35H45BF2N6OS/c1-22(36)32(18-26-10-15-34(39-21-26)44-17-16-43(8)25(44)4)40-23(2)29-19-31(38)33(20-30(29)37)42-46(9,45)28-13-11-27(12-14-28)41-24(3)35(5,6)7/h10-15,19-21,32,40-41,46H,1-4,16-18,36H2,5-9H3,(H,42,45)/t32-/m0/s1. The smallest absolute Gasteiger partial charge is 0.148 e. The highest BCUT2D eigenvalue weighted by molar-refractivity contribution is 8.03. The van der Waals surface area contributed by atoms with E-state index in [-0.39, 0.29) is 28.4 Å². The van der Waals surface area contributed by atoms with Crippen molar-refractivity contribution in [3.8, 4) is 0 Å². The number of benzene rings is 2. The Morgan fingerprint density at radius 1 is 1.07 bits per heavy atom. The number of nitrogens with zero attached hydrogens (tertiary/aromatic N) is 3. The number of aromatic nitrogens is 1. The first-order valence-electron chi connectivity index (χ1n) is 15.1. The second kappa shape index (κ2) is 13.5. The van der Waals surface area contributed by atoms with E-state index in [0.29, 0.717) is 11.3 Å². The van der Waals surface area contributed by atoms with Crippen LogP contribution in [0.4, 0.5) is 26.0 Å². The summed E-state index contributed by atoms with van der Waals surface area (Å²) in [7, 11) is 0.559. The number of hydrogen-bond donors (Lipinski definition) is 4. The van der Waals surface area contributed by atoms with Gasteiger partial charge in [-0.25, -0.2) is 13.8 Å². The minimum atomic E-state index is -3.30. The van der Waals surface area contributed by atoms with Crippen LogP contribution in [0.15, 0.2) is 103 Å². The summed E-state index contributed by atoms with van der Waals surface area (Å²) in [6.45, 7) is 24.1. The summed E-state index contributed by atoms with van der Waals surface area (Å²) in [6.07, 6.45) is 3.80. The molecule has 1 aliphatic heterocycles. The van der Waals surface area contributed by atoms with Crippen molar-refractivity contribution in [1.29, 1.82) is 0 Å². The van der Waals surface area contributed by atoms with Gasteiger partial charge in [-0.15, -0.1) is 6.58 Å². The molecular formula is C35H45BF2N6OS. The zero-order valence-corrected chi connectivity index (χ0v) is 28.6. The number of allylic oxidation sites excluding steroid dienone is 1. The van der Waals surface area contributed by atoms with Gasteiger partial charge in [-0.3, -0.25) is 4.21 Å². The topological polar surface area (TPSA) is 72.5 Å². The first kappa shape index (κ1) is 34.5. The predicted octanol–water partition coefficient (Wildman–Crippen LogP) is 5.91. The third-order valence-electron chi connectivity index (χ3n) is 8.16. The average molecular weight is 647 g/mol. The molecule has 0 spiro atoms. The molecular weight excluding hydrogens is 601 g/mol. The number of anilines is 3. The van der Waals surface area contributed by atoms with Crippen molar-refractivity contribution in [3.05, 3.63) is 121 Å². The highest BCUT2D eigenvalue weighted by Crippen LogP contribution is 2.30. The van der Waals surface area contributed by atoms with E-state index in [9.17, 15) is 4.21 Å². The van der Waals surface area contributed by atoms with Crippen molar-refractivity contribution in [3.63, 3.8) is 0 Å². The molecule has 1 fully saturated rings. The number of thiol groups is 1. The Balaban J connectivity index is 1.43. The van der Waals surface area contributed by atoms with Gasteiger partial charge in [-0.1, -0.05) is 52.0 Å². The van der Waals surface area contributed by atoms with Gasteiger partial charge in [0.15, 0.2) is 0 Å². The van der Waals surface area contributed by atoms with Crippen LogP contribution in [0.25, 0.3) is 5.70 Å². The SMILES string of the molecule is BC(=C)[C@H](Cc1ccc(N2CCN(C)C2=C)nc1)NC(=C)c1cc(F)c(N[SH](C)(=O)c2ccc(NC(=C)C(C)(C)C)cc2)cc1F. The van der Waals surface area contributed by atoms with Crippen LogP contribution in [0, 0.1) is 17.0 Å². The molecule has 2 heterocycles. The Bertz CT molecular complexity index is 1700. The summed E-state index contributed by atoms with van der Waals surface area (Å²) < 4.78 is 47.1. The molecule has 0 aliphatic carbocycles. The Labute approximate surface area is 274 Å². The molecule has 7 nitrogen and oxygen atoms in total. The van der Waals surface area contributed by atoms with Gasteiger partial charge >= 0.3 is 0 Å². The third kappa shape index (κ3) is 8.06. The summed E-state index contributed by atoms with van der Waals surface area (Å²) >= 11 is 0. The van der Waals surface area contributed by atoms with E-state index in [4.69, 9.17) is 0 Å². The van der Waals surface area contributed by atoms with Gasteiger partial charge in [0.2, 0.25) is 0 Å². The van der Waals surface area contributed by atoms with Gasteiger partial charge in [0.1, 0.15) is 31.1 Å². The molecule has 0 bridgehead atoms. The zero-order valence-electron chi connectivity index (χ0n) is 27.7. The highest BCUT2D eigenvalue weighted by atomic mass is 32.3. The maximum Gasteiger partial charge on any atom is 0.148 e. The quantitative estimate of drug-likeness (QED) is 0.145. The van der Waals surface area contributed by atoms with E-state index in [1.54, 1.807) is 30.5 Å². The van der Waals surface area contributed by atoms with Gasteiger partial charge < -0.3 is 25.2 Å². The van der Waals surface area contributed by atoms with E-state index in [0.717, 1.165) is 59.3 Å². The molecule has 4 rings (SSSR count). The van der Waals surface area contributed by atoms with Crippen molar-refractivity contribution >= 4 is 40.9 Å². The number of rotatable bonds is 12. The highest BCUT2D eigenvalue weighted by Gasteiger charge is 2.23. The molecule has 1 aliphatic rings. The lowest BCUT2D eigenvalue weighted by atomic mass is 9.86. The predicted molar refractivity (Wildman–Crippen MR) is 193 cm³/mol. The number of halogens is 2. The summed E-state index contributed by atoms with van der Waals surface area (Å²) in [4.78, 5) is 9.23. The average Bonchev–Trinajstić information content (AvgIpc) is 3.31. The second-order valence-corrected chi connectivity index (χ2v) is 15.6. The van der Waals surface area contributed by atoms with E-state index < -0.39 is 21.8 Å². The van der Waals surface area contributed by atoms with Crippen molar-refractivity contribution < 1.29 is 13.0 Å². The molecule has 0 amide bonds. The van der Waals surface area contributed by atoms with Gasteiger partial charge in [0.25, 0.3) is 0 Å². The van der Waals surface area contributed by atoms with Crippen LogP contribution < -0.4 is 20.3 Å². The summed E-state index contributed by atoms with van der Waals surface area (Å²) in [5, 5.41) is 6.46. The second-order valence-electron chi connectivity index (χ2n) is 13.0. The number of nitrogens with one attached hydrogen (secondary N) is 3. The van der Waals surface area contributed by atoms with Crippen molar-refractivity contribution in [2.45, 2.75) is 38.1 Å². The van der Waals surface area contributed by atoms with Crippen molar-refractivity contribution in [1.82, 2.24) is 15.2 Å². The first-order valence-corrected chi connectivity index (χ1v) is 17.3. The fraction of sp³-hybridized carbons (Fsp3) is 0.286. The Kier molecular flexibility index (Phi) is 10.2. The Morgan fingerprint density at radius 2 is 1.74 bits per heavy atom. The van der Waals surface area contributed by atoms with E-state index >= 15 is 8.78 Å². The lowest BCUT2D eigenvalue weighted by molar-refractivity contribution is 0.489. The van der Waals surface area contributed by atoms with E-state index in [1.807, 2.05) is 47.8 Å². The van der Waals surface area contributed by atoms with Gasteiger partial charge in [0.05, 0.1) is 5.69 Å². The molecule has 1 atom stereocenters. The molecule has 3 N–H and O–H groups in total. The minimum Gasteiger partial charge on any atom is -0.379 e. The van der Waals surface area contributed by atoms with Gasteiger partial charge in [-0.2, -0.15) is 0 Å². The number of pyridine rings is 1. The maximum absolute atomic E-state index is 15.4. The zero-order chi connectivity index (χ0) is 34.0. The molecule has 11 heteroatoms. The van der Waals surface area contributed by atoms with Gasteiger partial charge in [-0.05, 0) is 58.5 Å². The van der Waals surface area contributed by atoms with Crippen LogP contribution in [0.2, 0.25) is 0 Å². The fourth-order valence-electron chi connectivity index (χ4n) is 4.88. The van der Waals surface area contributed by atoms with Crippen LogP contribution >= 0.6 is 0 Å². The Hall–Kier alpha value is -4.38. The van der Waals surface area contributed by atoms with Crippen LogP contribution in [-0.2, 0) is 16.5 Å². The number of hydrogen-bond acceptors (Lipinski definition) is 6. The van der Waals surface area contributed by atoms with Crippen molar-refractivity contribution in [2.75, 3.05) is 41.3 Å². The maximum atomic E-state index is 15.4. The van der Waals surface area contributed by atoms with Crippen LogP contribution in [-0.4, -0.2) is 54.4 Å². The molecule has 0 saturated carbocycles. The largest absolute Gasteiger partial charge is 0.379 e. The fourth-order valence-corrected chi connectivity index (χ4v) is 6.36. The summed E-state index contributed by atoms with van der Waals surface area (Å²) in [5.74, 6) is 0.271. The third-order valence-corrected chi connectivity index (χ3v) is 10.1. The van der Waals surface area contributed by atoms with Crippen LogP contribution in [0.3, 0.4) is 0 Å². The lowest BCUT2D eigenvalue weighted by Gasteiger charge is -2.25. The van der Waals surface area contributed by atoms with E-state index in [1.165, 1.54) is 6.26 Å². The van der Waals surface area contributed by atoms with Crippen molar-refractivity contribution in [2.24, 2.45) is 5.41 Å². The molecule has 1 aromatic heterocycles. The number of likely N-dealkylation sites (N-methyl/N-ethyl adjacent to an activating group) is 1. The summed E-state index contributed by atoms with van der Waals surface area (Å²) in [5.41, 5.74) is 3.22. The van der Waals surface area contributed by atoms with Crippen LogP contribution in [0.5, 0.6) is 0 Å². The minimum absolute atomic E-state index is 0.0279. The molecule has 1 saturated heterocycles. The Morgan fingerprint density at radius 3 is 2.28 bits per heavy atom. The molecule has 3 aromatic rings. The molecule has 46 heavy (non-hydrogen) atoms. The van der Waals surface area contributed by atoms with Gasteiger partial charge in [0, 0.05) is 77.7 Å². The van der Waals surface area contributed by atoms with E-state index in [2.05, 4.69) is 56.5 Å². The molecule has 0 radical (unpaired) electrons. The normalized spacial score (nSPS) is 14.5. The monoisotopic (exact) mass is 646 g/mol. The van der Waals surface area contributed by atoms with Crippen LogP contribution in [0.1, 0.15) is 31.9 Å².